The van der Waals surface area contributed by atoms with Gasteiger partial charge in [0.25, 0.3) is 5.69 Å². The summed E-state index contributed by atoms with van der Waals surface area (Å²) in [5.41, 5.74) is -0.102. The Morgan fingerprint density at radius 2 is 1.82 bits per heavy atom. The van der Waals surface area contributed by atoms with Gasteiger partial charge in [0, 0.05) is 34.8 Å². The van der Waals surface area contributed by atoms with Gasteiger partial charge in [-0.15, -0.1) is 0 Å². The zero-order chi connectivity index (χ0) is 28.8. The van der Waals surface area contributed by atoms with Crippen LogP contribution in [0.15, 0.2) is 36.4 Å². The summed E-state index contributed by atoms with van der Waals surface area (Å²) in [5.74, 6) is -1.16. The van der Waals surface area contributed by atoms with Crippen LogP contribution in [0.1, 0.15) is 32.8 Å². The van der Waals surface area contributed by atoms with Crippen LogP contribution in [-0.4, -0.2) is 62.0 Å². The molecule has 2 amide bonds. The van der Waals surface area contributed by atoms with E-state index >= 15 is 0 Å². The lowest BCUT2D eigenvalue weighted by Crippen LogP contribution is -2.53. The van der Waals surface area contributed by atoms with E-state index < -0.39 is 45.0 Å². The van der Waals surface area contributed by atoms with Gasteiger partial charge in [0.15, 0.2) is 0 Å². The number of nitrogens with one attached hydrogen (secondary N) is 1. The van der Waals surface area contributed by atoms with E-state index in [0.717, 1.165) is 18.4 Å². The fourth-order valence-corrected chi connectivity index (χ4v) is 5.03. The lowest BCUT2D eigenvalue weighted by molar-refractivity contribution is -0.384. The normalized spacial score (nSPS) is 12.1. The molecule has 38 heavy (non-hydrogen) atoms. The second-order valence-electron chi connectivity index (χ2n) is 8.73. The number of nitrogens with zero attached hydrogens (tertiary/aromatic N) is 3. The van der Waals surface area contributed by atoms with E-state index in [4.69, 9.17) is 27.9 Å². The van der Waals surface area contributed by atoms with Gasteiger partial charge in [-0.1, -0.05) is 36.2 Å². The first-order chi connectivity index (χ1) is 17.7. The van der Waals surface area contributed by atoms with Crippen LogP contribution in [-0.2, 0) is 26.2 Å². The molecule has 0 spiro atoms. The number of nitro benzene ring substituents is 1. The standard InChI is InChI=1S/C24H30Cl2N4O7S/c1-6-20(24(32)27-15(2)3)28(13-16-7-8-17(25)11-19(16)26)23(31)14-29(38(5,35)36)21-12-18(30(33)34)9-10-22(21)37-4/h7-12,15,20H,6,13-14H2,1-5H3,(H,27,32)/t20-/m1/s1. The zero-order valence-electron chi connectivity index (χ0n) is 21.6. The first-order valence-corrected chi connectivity index (χ1v) is 14.1. The van der Waals surface area contributed by atoms with Gasteiger partial charge >= 0.3 is 0 Å². The van der Waals surface area contributed by atoms with Gasteiger partial charge in [-0.05, 0) is 44.0 Å². The van der Waals surface area contributed by atoms with Crippen LogP contribution in [0.5, 0.6) is 5.75 Å². The molecule has 0 saturated heterocycles. The predicted octanol–water partition coefficient (Wildman–Crippen LogP) is 4.01. The van der Waals surface area contributed by atoms with Crippen molar-refractivity contribution in [3.8, 4) is 5.75 Å². The molecule has 2 aromatic rings. The Bertz CT molecular complexity index is 1300. The molecule has 0 heterocycles. The molecular weight excluding hydrogens is 559 g/mol. The number of hydrogen-bond donors (Lipinski definition) is 1. The highest BCUT2D eigenvalue weighted by Crippen LogP contribution is 2.34. The molecule has 208 valence electrons. The maximum atomic E-state index is 13.8. The summed E-state index contributed by atoms with van der Waals surface area (Å²) in [6, 6.07) is 6.91. The van der Waals surface area contributed by atoms with Crippen molar-refractivity contribution in [2.45, 2.75) is 45.8 Å². The number of non-ortho nitro benzene ring substituents is 1. The Kier molecular flexibility index (Phi) is 10.7. The number of hydrogen-bond acceptors (Lipinski definition) is 7. The summed E-state index contributed by atoms with van der Waals surface area (Å²) in [7, 11) is -2.87. The molecule has 0 saturated carbocycles. The third kappa shape index (κ3) is 7.95. The van der Waals surface area contributed by atoms with E-state index in [1.165, 1.54) is 24.1 Å². The Morgan fingerprint density at radius 3 is 2.32 bits per heavy atom. The fraction of sp³-hybridized carbons (Fsp3) is 0.417. The molecule has 0 aliphatic carbocycles. The monoisotopic (exact) mass is 588 g/mol. The minimum Gasteiger partial charge on any atom is -0.495 e. The van der Waals surface area contributed by atoms with Crippen LogP contribution in [0, 0.1) is 10.1 Å². The van der Waals surface area contributed by atoms with Crippen LogP contribution >= 0.6 is 23.2 Å². The minimum atomic E-state index is -4.14. The molecule has 0 radical (unpaired) electrons. The Balaban J connectivity index is 2.60. The number of halogens is 2. The first-order valence-electron chi connectivity index (χ1n) is 11.5. The van der Waals surface area contributed by atoms with Crippen molar-refractivity contribution in [1.82, 2.24) is 10.2 Å². The molecule has 2 aromatic carbocycles. The number of methoxy groups -OCH3 is 1. The molecule has 0 aromatic heterocycles. The third-order valence-electron chi connectivity index (χ3n) is 5.49. The topological polar surface area (TPSA) is 139 Å². The molecule has 1 atom stereocenters. The van der Waals surface area contributed by atoms with E-state index in [1.54, 1.807) is 32.9 Å². The van der Waals surface area contributed by atoms with Gasteiger partial charge in [-0.25, -0.2) is 8.42 Å². The third-order valence-corrected chi connectivity index (χ3v) is 7.21. The van der Waals surface area contributed by atoms with Crippen molar-refractivity contribution in [2.75, 3.05) is 24.2 Å². The summed E-state index contributed by atoms with van der Waals surface area (Å²) in [5, 5.41) is 14.8. The molecule has 1 N–H and O–H groups in total. The average Bonchev–Trinajstić information content (AvgIpc) is 2.81. The van der Waals surface area contributed by atoms with Crippen LogP contribution in [0.25, 0.3) is 0 Å². The van der Waals surface area contributed by atoms with Gasteiger partial charge in [0.2, 0.25) is 21.8 Å². The van der Waals surface area contributed by atoms with Crippen LogP contribution in [0.2, 0.25) is 10.0 Å². The summed E-state index contributed by atoms with van der Waals surface area (Å²) < 4.78 is 31.6. The Hall–Kier alpha value is -3.09. The van der Waals surface area contributed by atoms with Crippen molar-refractivity contribution in [3.05, 3.63) is 62.1 Å². The molecule has 0 fully saturated rings. The van der Waals surface area contributed by atoms with E-state index in [0.29, 0.717) is 14.9 Å². The molecule has 0 bridgehead atoms. The number of rotatable bonds is 12. The van der Waals surface area contributed by atoms with E-state index in [-0.39, 0.29) is 35.5 Å². The Labute approximate surface area is 231 Å². The predicted molar refractivity (Wildman–Crippen MR) is 146 cm³/mol. The van der Waals surface area contributed by atoms with Gasteiger partial charge in [-0.2, -0.15) is 0 Å². The van der Waals surface area contributed by atoms with Crippen molar-refractivity contribution in [3.63, 3.8) is 0 Å². The second-order valence-corrected chi connectivity index (χ2v) is 11.5. The van der Waals surface area contributed by atoms with Gasteiger partial charge in [0.1, 0.15) is 24.0 Å². The summed E-state index contributed by atoms with van der Waals surface area (Å²) in [4.78, 5) is 38.7. The van der Waals surface area contributed by atoms with Gasteiger partial charge in [-0.3, -0.25) is 24.0 Å². The molecule has 0 aliphatic rings. The number of ether oxygens (including phenoxy) is 1. The summed E-state index contributed by atoms with van der Waals surface area (Å²) in [6.45, 7) is 4.38. The largest absolute Gasteiger partial charge is 0.495 e. The number of amides is 2. The van der Waals surface area contributed by atoms with Crippen molar-refractivity contribution in [1.29, 1.82) is 0 Å². The highest BCUT2D eigenvalue weighted by Gasteiger charge is 2.33. The molecular formula is C24H30Cl2N4O7S. The smallest absolute Gasteiger partial charge is 0.271 e. The van der Waals surface area contributed by atoms with Crippen molar-refractivity contribution < 1.29 is 27.7 Å². The zero-order valence-corrected chi connectivity index (χ0v) is 23.9. The van der Waals surface area contributed by atoms with E-state index in [2.05, 4.69) is 5.32 Å². The number of benzene rings is 2. The van der Waals surface area contributed by atoms with Gasteiger partial charge in [0.05, 0.1) is 18.3 Å². The van der Waals surface area contributed by atoms with Crippen molar-refractivity contribution in [2.24, 2.45) is 0 Å². The number of carbonyl (C=O) groups is 2. The molecule has 14 heteroatoms. The maximum absolute atomic E-state index is 13.8. The summed E-state index contributed by atoms with van der Waals surface area (Å²) in [6.07, 6.45) is 1.08. The first kappa shape index (κ1) is 31.1. The SMILES string of the molecule is CC[C@H](C(=O)NC(C)C)N(Cc1ccc(Cl)cc1Cl)C(=O)CN(c1cc([N+](=O)[O-])ccc1OC)S(C)(=O)=O. The molecule has 11 nitrogen and oxygen atoms in total. The van der Waals surface area contributed by atoms with Crippen molar-refractivity contribution >= 4 is 56.4 Å². The maximum Gasteiger partial charge on any atom is 0.271 e. The number of nitro groups is 1. The number of sulfonamides is 1. The second kappa shape index (κ2) is 13.1. The molecule has 0 unspecified atom stereocenters. The quantitative estimate of drug-likeness (QED) is 0.292. The highest BCUT2D eigenvalue weighted by atomic mass is 35.5. The lowest BCUT2D eigenvalue weighted by Gasteiger charge is -2.33. The minimum absolute atomic E-state index is 0.00529. The number of anilines is 1. The fourth-order valence-electron chi connectivity index (χ4n) is 3.72. The van der Waals surface area contributed by atoms with E-state index in [1.807, 2.05) is 0 Å². The van der Waals surface area contributed by atoms with Crippen LogP contribution < -0.4 is 14.4 Å². The van der Waals surface area contributed by atoms with Gasteiger partial charge < -0.3 is 15.0 Å². The number of carbonyl (C=O) groups excluding carboxylic acids is 2. The molecule has 0 aliphatic heterocycles. The lowest BCUT2D eigenvalue weighted by atomic mass is 10.1. The van der Waals surface area contributed by atoms with Crippen LogP contribution in [0.4, 0.5) is 11.4 Å². The summed E-state index contributed by atoms with van der Waals surface area (Å²) >= 11 is 12.3. The average molecular weight is 589 g/mol. The van der Waals surface area contributed by atoms with Crippen LogP contribution in [0.3, 0.4) is 0 Å². The Morgan fingerprint density at radius 1 is 1.16 bits per heavy atom. The highest BCUT2D eigenvalue weighted by molar-refractivity contribution is 7.92. The van der Waals surface area contributed by atoms with E-state index in [9.17, 15) is 28.1 Å². The molecule has 2 rings (SSSR count).